The second-order valence-electron chi connectivity index (χ2n) is 5.59. The van der Waals surface area contributed by atoms with Crippen molar-refractivity contribution in [1.82, 2.24) is 9.88 Å². The molecule has 0 aromatic carbocycles. The van der Waals surface area contributed by atoms with Crippen molar-refractivity contribution in [2.75, 3.05) is 38.2 Å². The number of anilines is 1. The van der Waals surface area contributed by atoms with Gasteiger partial charge in [0.15, 0.2) is 5.13 Å². The molecule has 3 heterocycles. The average molecular weight is 297 g/mol. The quantitative estimate of drug-likeness (QED) is 0.912. The fourth-order valence-corrected chi connectivity index (χ4v) is 4.22. The number of thiazole rings is 1. The molecule has 0 aliphatic carbocycles. The molecule has 6 heteroatoms. The number of aliphatic hydroxyl groups excluding tert-OH is 1. The third kappa shape index (κ3) is 2.83. The molecule has 1 aromatic rings. The molecular weight excluding hydrogens is 274 g/mol. The second kappa shape index (κ2) is 6.39. The topological polar surface area (TPSA) is 48.8 Å². The Hall–Kier alpha value is -0.690. The van der Waals surface area contributed by atoms with E-state index in [1.54, 1.807) is 18.4 Å². The number of aromatic nitrogens is 1. The smallest absolute Gasteiger partial charge is 0.186 e. The average Bonchev–Trinajstić information content (AvgIpc) is 3.01. The number of aliphatic hydroxyl groups is 1. The highest BCUT2D eigenvalue weighted by atomic mass is 32.1. The van der Waals surface area contributed by atoms with Gasteiger partial charge in [0.05, 0.1) is 23.8 Å². The molecular formula is C14H23N3O2S. The van der Waals surface area contributed by atoms with Crippen LogP contribution in [-0.4, -0.2) is 54.3 Å². The SMILES string of the molecule is COCc1nc(N2CCCN3CCCC3C2)sc1CO. The lowest BCUT2D eigenvalue weighted by molar-refractivity contribution is 0.179. The second-order valence-corrected chi connectivity index (χ2v) is 6.65. The maximum absolute atomic E-state index is 9.45. The van der Waals surface area contributed by atoms with E-state index in [9.17, 15) is 5.11 Å². The third-order valence-corrected chi connectivity index (χ3v) is 5.41. The van der Waals surface area contributed by atoms with Crippen LogP contribution in [0.2, 0.25) is 0 Å². The summed E-state index contributed by atoms with van der Waals surface area (Å²) in [6.07, 6.45) is 3.83. The summed E-state index contributed by atoms with van der Waals surface area (Å²) < 4.78 is 5.17. The summed E-state index contributed by atoms with van der Waals surface area (Å²) in [5.74, 6) is 0. The molecule has 2 aliphatic rings. The molecule has 0 amide bonds. The summed E-state index contributed by atoms with van der Waals surface area (Å²) in [6.45, 7) is 5.15. The van der Waals surface area contributed by atoms with Crippen LogP contribution in [0.5, 0.6) is 0 Å². The molecule has 112 valence electrons. The Balaban J connectivity index is 1.77. The molecule has 1 unspecified atom stereocenters. The zero-order valence-corrected chi connectivity index (χ0v) is 12.9. The van der Waals surface area contributed by atoms with E-state index in [-0.39, 0.29) is 6.61 Å². The van der Waals surface area contributed by atoms with E-state index in [0.29, 0.717) is 12.6 Å². The molecule has 1 atom stereocenters. The van der Waals surface area contributed by atoms with Crippen molar-refractivity contribution in [3.05, 3.63) is 10.6 Å². The first-order valence-corrected chi connectivity index (χ1v) is 8.21. The number of hydrogen-bond donors (Lipinski definition) is 1. The first-order valence-electron chi connectivity index (χ1n) is 7.39. The summed E-state index contributed by atoms with van der Waals surface area (Å²) in [6, 6.07) is 0.685. The molecule has 1 N–H and O–H groups in total. The van der Waals surface area contributed by atoms with Gasteiger partial charge in [0, 0.05) is 32.8 Å². The van der Waals surface area contributed by atoms with Gasteiger partial charge in [-0.15, -0.1) is 0 Å². The minimum atomic E-state index is 0.0553. The molecule has 0 radical (unpaired) electrons. The van der Waals surface area contributed by atoms with Gasteiger partial charge in [0.2, 0.25) is 0 Å². The number of nitrogens with zero attached hydrogens (tertiary/aromatic N) is 3. The first-order chi connectivity index (χ1) is 9.81. The highest BCUT2D eigenvalue weighted by Crippen LogP contribution is 2.30. The van der Waals surface area contributed by atoms with E-state index in [0.717, 1.165) is 28.8 Å². The van der Waals surface area contributed by atoms with E-state index in [4.69, 9.17) is 9.72 Å². The van der Waals surface area contributed by atoms with Crippen molar-refractivity contribution >= 4 is 16.5 Å². The standard InChI is InChI=1S/C14H23N3O2S/c1-19-10-12-13(9-18)20-14(15-12)17-7-3-6-16-5-2-4-11(16)8-17/h11,18H,2-10H2,1H3. The van der Waals surface area contributed by atoms with E-state index in [1.807, 2.05) is 0 Å². The number of ether oxygens (including phenoxy) is 1. The maximum atomic E-state index is 9.45. The molecule has 20 heavy (non-hydrogen) atoms. The van der Waals surface area contributed by atoms with Gasteiger partial charge in [-0.1, -0.05) is 11.3 Å². The Morgan fingerprint density at radius 2 is 2.20 bits per heavy atom. The Bertz CT molecular complexity index is 452. The van der Waals surface area contributed by atoms with Crippen LogP contribution in [0.25, 0.3) is 0 Å². The molecule has 0 spiro atoms. The van der Waals surface area contributed by atoms with Crippen LogP contribution in [0.3, 0.4) is 0 Å². The normalized spacial score (nSPS) is 23.9. The van der Waals surface area contributed by atoms with Gasteiger partial charge in [-0.2, -0.15) is 0 Å². The van der Waals surface area contributed by atoms with Crippen molar-refractivity contribution in [3.8, 4) is 0 Å². The number of fused-ring (bicyclic) bond motifs is 1. The summed E-state index contributed by atoms with van der Waals surface area (Å²) in [4.78, 5) is 10.7. The predicted molar refractivity (Wildman–Crippen MR) is 80.2 cm³/mol. The van der Waals surface area contributed by atoms with E-state index >= 15 is 0 Å². The minimum absolute atomic E-state index is 0.0553. The van der Waals surface area contributed by atoms with Gasteiger partial charge in [-0.3, -0.25) is 4.90 Å². The number of rotatable bonds is 4. The third-order valence-electron chi connectivity index (χ3n) is 4.27. The van der Waals surface area contributed by atoms with Gasteiger partial charge < -0.3 is 14.7 Å². The molecule has 0 saturated carbocycles. The van der Waals surface area contributed by atoms with E-state index in [1.165, 1.54) is 32.4 Å². The zero-order valence-electron chi connectivity index (χ0n) is 12.0. The molecule has 2 fully saturated rings. The molecule has 3 rings (SSSR count). The maximum Gasteiger partial charge on any atom is 0.186 e. The lowest BCUT2D eigenvalue weighted by Crippen LogP contribution is -2.36. The fraction of sp³-hybridized carbons (Fsp3) is 0.786. The van der Waals surface area contributed by atoms with Crippen LogP contribution in [0.15, 0.2) is 0 Å². The van der Waals surface area contributed by atoms with Gasteiger partial charge >= 0.3 is 0 Å². The Morgan fingerprint density at radius 3 is 3.00 bits per heavy atom. The summed E-state index contributed by atoms with van der Waals surface area (Å²) in [5, 5.41) is 10.5. The predicted octanol–water partition coefficient (Wildman–Crippen LogP) is 1.46. The van der Waals surface area contributed by atoms with Gasteiger partial charge in [-0.25, -0.2) is 4.98 Å². The Labute approximate surface area is 124 Å². The van der Waals surface area contributed by atoms with Crippen LogP contribution in [-0.2, 0) is 18.0 Å². The van der Waals surface area contributed by atoms with Crippen LogP contribution >= 0.6 is 11.3 Å². The molecule has 2 saturated heterocycles. The number of methoxy groups -OCH3 is 1. The van der Waals surface area contributed by atoms with Crippen molar-refractivity contribution in [2.45, 2.75) is 38.5 Å². The van der Waals surface area contributed by atoms with Gasteiger partial charge in [0.25, 0.3) is 0 Å². The molecule has 5 nitrogen and oxygen atoms in total. The van der Waals surface area contributed by atoms with Crippen molar-refractivity contribution in [2.24, 2.45) is 0 Å². The minimum Gasteiger partial charge on any atom is -0.391 e. The van der Waals surface area contributed by atoms with Crippen LogP contribution in [0, 0.1) is 0 Å². The van der Waals surface area contributed by atoms with Crippen LogP contribution in [0.4, 0.5) is 5.13 Å². The highest BCUT2D eigenvalue weighted by molar-refractivity contribution is 7.15. The lowest BCUT2D eigenvalue weighted by Gasteiger charge is -2.25. The lowest BCUT2D eigenvalue weighted by atomic mass is 10.2. The van der Waals surface area contributed by atoms with Crippen molar-refractivity contribution < 1.29 is 9.84 Å². The van der Waals surface area contributed by atoms with E-state index in [2.05, 4.69) is 9.80 Å². The molecule has 0 bridgehead atoms. The largest absolute Gasteiger partial charge is 0.391 e. The van der Waals surface area contributed by atoms with Crippen LogP contribution in [0.1, 0.15) is 29.8 Å². The van der Waals surface area contributed by atoms with Gasteiger partial charge in [0.1, 0.15) is 0 Å². The van der Waals surface area contributed by atoms with Crippen molar-refractivity contribution in [3.63, 3.8) is 0 Å². The van der Waals surface area contributed by atoms with E-state index < -0.39 is 0 Å². The summed E-state index contributed by atoms with van der Waals surface area (Å²) in [7, 11) is 1.67. The van der Waals surface area contributed by atoms with Crippen molar-refractivity contribution in [1.29, 1.82) is 0 Å². The number of hydrogen-bond acceptors (Lipinski definition) is 6. The fourth-order valence-electron chi connectivity index (χ4n) is 3.26. The van der Waals surface area contributed by atoms with Crippen LogP contribution < -0.4 is 4.90 Å². The summed E-state index contributed by atoms with van der Waals surface area (Å²) in [5.41, 5.74) is 0.891. The summed E-state index contributed by atoms with van der Waals surface area (Å²) >= 11 is 1.62. The zero-order chi connectivity index (χ0) is 13.9. The molecule has 2 aliphatic heterocycles. The van der Waals surface area contributed by atoms with Gasteiger partial charge in [-0.05, 0) is 25.8 Å². The highest BCUT2D eigenvalue weighted by Gasteiger charge is 2.30. The first kappa shape index (κ1) is 14.3. The monoisotopic (exact) mass is 297 g/mol. The Morgan fingerprint density at radius 1 is 1.35 bits per heavy atom. The molecule has 1 aromatic heterocycles. The Kier molecular flexibility index (Phi) is 4.55.